The number of guanidine groups is 1. The van der Waals surface area contributed by atoms with Crippen LogP contribution < -0.4 is 54.8 Å². The van der Waals surface area contributed by atoms with Crippen LogP contribution in [0.2, 0.25) is 0 Å². The zero-order valence-corrected chi connectivity index (χ0v) is 23.7. The molecule has 43 heavy (non-hydrogen) atoms. The third kappa shape index (κ3) is 19.2. The van der Waals surface area contributed by atoms with Crippen molar-refractivity contribution in [1.82, 2.24) is 31.9 Å². The van der Waals surface area contributed by atoms with E-state index < -0.39 is 92.3 Å². The second-order valence-corrected chi connectivity index (χ2v) is 9.09. The Bertz CT molecular complexity index is 990. The molecule has 0 aliphatic rings. The summed E-state index contributed by atoms with van der Waals surface area (Å²) in [5, 5.41) is 31.9. The van der Waals surface area contributed by atoms with Gasteiger partial charge in [-0.05, 0) is 32.2 Å². The Morgan fingerprint density at radius 1 is 0.674 bits per heavy atom. The number of hydrogen-bond donors (Lipinski definition) is 12. The molecule has 0 aliphatic carbocycles. The molecule has 0 rings (SSSR count). The van der Waals surface area contributed by atoms with Crippen molar-refractivity contribution in [3.05, 3.63) is 0 Å². The minimum absolute atomic E-state index is 0.0117. The Balaban J connectivity index is 4.40. The SMILES string of the molecule is NCCCC[C@H](N)C(=O)NCC(=O)NCC(=O)NCC(=O)N[C@@H](CO)C(=O)NCC(=O)N[C@@H](CCCN=C(N)N)C(=O)O. The summed E-state index contributed by atoms with van der Waals surface area (Å²) < 4.78 is 0. The van der Waals surface area contributed by atoms with Crippen LogP contribution in [0.3, 0.4) is 0 Å². The first-order chi connectivity index (χ1) is 20.3. The van der Waals surface area contributed by atoms with Crippen molar-refractivity contribution >= 4 is 47.4 Å². The first-order valence-corrected chi connectivity index (χ1v) is 13.3. The highest BCUT2D eigenvalue weighted by molar-refractivity contribution is 5.93. The number of carboxylic acids is 1. The van der Waals surface area contributed by atoms with Gasteiger partial charge >= 0.3 is 5.97 Å². The minimum Gasteiger partial charge on any atom is -0.480 e. The largest absolute Gasteiger partial charge is 0.480 e. The number of amides is 6. The summed E-state index contributed by atoms with van der Waals surface area (Å²) in [5.74, 6) is -6.11. The van der Waals surface area contributed by atoms with E-state index in [9.17, 15) is 43.8 Å². The summed E-state index contributed by atoms with van der Waals surface area (Å²) in [6.45, 7) is -2.44. The van der Waals surface area contributed by atoms with Gasteiger partial charge in [0.1, 0.15) is 12.1 Å². The lowest BCUT2D eigenvalue weighted by molar-refractivity contribution is -0.142. The van der Waals surface area contributed by atoms with E-state index in [2.05, 4.69) is 36.9 Å². The lowest BCUT2D eigenvalue weighted by Crippen LogP contribution is -2.53. The van der Waals surface area contributed by atoms with E-state index in [1.807, 2.05) is 0 Å². The molecule has 0 heterocycles. The standard InChI is InChI=1S/C23H43N11O9/c24-6-2-1-4-13(25)20(40)31-9-17(37)29-8-16(36)30-10-18(38)34-15(12-35)21(41)32-11-19(39)33-14(22(42)43)5-3-7-28-23(26)27/h13-15,35H,1-12,24-25H2,(H,29,37)(H,30,36)(H,31,40)(H,32,41)(H,33,39)(H,34,38)(H,42,43)(H4,26,27,28)/t13-,14-,15-/m0/s1. The van der Waals surface area contributed by atoms with Crippen LogP contribution in [0, 0.1) is 0 Å². The highest BCUT2D eigenvalue weighted by atomic mass is 16.4. The Morgan fingerprint density at radius 2 is 1.19 bits per heavy atom. The monoisotopic (exact) mass is 617 g/mol. The number of nitrogens with zero attached hydrogens (tertiary/aromatic N) is 1. The van der Waals surface area contributed by atoms with Gasteiger partial charge in [0.05, 0.1) is 38.8 Å². The first kappa shape index (κ1) is 38.4. The zero-order valence-electron chi connectivity index (χ0n) is 23.7. The molecule has 0 saturated heterocycles. The van der Waals surface area contributed by atoms with Gasteiger partial charge in [0.25, 0.3) is 0 Å². The molecule has 0 spiro atoms. The molecule has 16 N–H and O–H groups in total. The van der Waals surface area contributed by atoms with E-state index in [1.54, 1.807) is 0 Å². The third-order valence-corrected chi connectivity index (χ3v) is 5.46. The minimum atomic E-state index is -1.49. The molecule has 0 aromatic carbocycles. The van der Waals surface area contributed by atoms with Gasteiger partial charge in [0.15, 0.2) is 5.96 Å². The molecule has 0 radical (unpaired) electrons. The molecule has 0 bridgehead atoms. The number of rotatable bonds is 22. The average Bonchev–Trinajstić information content (AvgIpc) is 2.96. The van der Waals surface area contributed by atoms with E-state index in [0.29, 0.717) is 25.8 Å². The van der Waals surface area contributed by atoms with Crippen molar-refractivity contribution in [3.8, 4) is 0 Å². The fourth-order valence-corrected chi connectivity index (χ4v) is 3.16. The summed E-state index contributed by atoms with van der Waals surface area (Å²) in [4.78, 5) is 87.0. The molecule has 20 nitrogen and oxygen atoms in total. The Kier molecular flexibility index (Phi) is 19.7. The number of carboxylic acid groups (broad SMARTS) is 1. The number of aliphatic hydroxyl groups is 1. The van der Waals surface area contributed by atoms with Crippen LogP contribution in [0.25, 0.3) is 0 Å². The predicted octanol–water partition coefficient (Wildman–Crippen LogP) is -6.99. The molecule has 0 aromatic rings. The molecular formula is C23H43N11O9. The maximum atomic E-state index is 12.2. The average molecular weight is 618 g/mol. The molecular weight excluding hydrogens is 574 g/mol. The summed E-state index contributed by atoms with van der Waals surface area (Å²) >= 11 is 0. The van der Waals surface area contributed by atoms with Crippen LogP contribution >= 0.6 is 0 Å². The predicted molar refractivity (Wildman–Crippen MR) is 151 cm³/mol. The van der Waals surface area contributed by atoms with E-state index in [4.69, 9.17) is 22.9 Å². The van der Waals surface area contributed by atoms with Gasteiger partial charge in [0.2, 0.25) is 35.4 Å². The number of aliphatic hydroxyl groups excluding tert-OH is 1. The number of unbranched alkanes of at least 4 members (excludes halogenated alkanes) is 1. The number of aliphatic carboxylic acids is 1. The van der Waals surface area contributed by atoms with Gasteiger partial charge in [-0.2, -0.15) is 0 Å². The molecule has 20 heteroatoms. The van der Waals surface area contributed by atoms with Gasteiger partial charge in [-0.15, -0.1) is 0 Å². The smallest absolute Gasteiger partial charge is 0.326 e. The highest BCUT2D eigenvalue weighted by Crippen LogP contribution is 1.99. The Morgan fingerprint density at radius 3 is 1.72 bits per heavy atom. The van der Waals surface area contributed by atoms with Gasteiger partial charge in [-0.3, -0.25) is 33.8 Å². The van der Waals surface area contributed by atoms with E-state index in [-0.39, 0.29) is 25.3 Å². The number of nitrogens with one attached hydrogen (secondary N) is 6. The molecule has 0 saturated carbocycles. The summed E-state index contributed by atoms with van der Waals surface area (Å²) in [5.41, 5.74) is 21.4. The van der Waals surface area contributed by atoms with Crippen LogP contribution in [-0.4, -0.2) is 122 Å². The van der Waals surface area contributed by atoms with Crippen LogP contribution in [0.4, 0.5) is 0 Å². The quantitative estimate of drug-likeness (QED) is 0.0305. The fraction of sp³-hybridized carbons (Fsp3) is 0.652. The van der Waals surface area contributed by atoms with Crippen molar-refractivity contribution in [2.45, 2.75) is 50.2 Å². The third-order valence-electron chi connectivity index (χ3n) is 5.46. The van der Waals surface area contributed by atoms with Crippen LogP contribution in [0.15, 0.2) is 4.99 Å². The van der Waals surface area contributed by atoms with Crippen LogP contribution in [0.5, 0.6) is 0 Å². The van der Waals surface area contributed by atoms with Crippen molar-refractivity contribution in [3.63, 3.8) is 0 Å². The van der Waals surface area contributed by atoms with Crippen LogP contribution in [-0.2, 0) is 33.6 Å². The first-order valence-electron chi connectivity index (χ1n) is 13.3. The molecule has 0 unspecified atom stereocenters. The topological polar surface area (TPSA) is 349 Å². The summed E-state index contributed by atoms with van der Waals surface area (Å²) in [6.07, 6.45) is 2.04. The normalized spacial score (nSPS) is 12.4. The molecule has 244 valence electrons. The van der Waals surface area contributed by atoms with Gasteiger partial charge < -0.3 is 65.0 Å². The Hall–Kier alpha value is -4.56. The van der Waals surface area contributed by atoms with Crippen molar-refractivity contribution in [2.24, 2.45) is 27.9 Å². The Labute approximate surface area is 247 Å². The number of aliphatic imine (C=N–C) groups is 1. The maximum absolute atomic E-state index is 12.2. The zero-order chi connectivity index (χ0) is 32.8. The number of carbonyl (C=O) groups excluding carboxylic acids is 6. The fourth-order valence-electron chi connectivity index (χ4n) is 3.16. The van der Waals surface area contributed by atoms with Crippen LogP contribution in [0.1, 0.15) is 32.1 Å². The highest BCUT2D eigenvalue weighted by Gasteiger charge is 2.23. The lowest BCUT2D eigenvalue weighted by Gasteiger charge is -2.18. The summed E-state index contributed by atoms with van der Waals surface area (Å²) in [6, 6.07) is -3.56. The van der Waals surface area contributed by atoms with E-state index >= 15 is 0 Å². The number of nitrogens with two attached hydrogens (primary N) is 4. The summed E-state index contributed by atoms with van der Waals surface area (Å²) in [7, 11) is 0. The van der Waals surface area contributed by atoms with Crippen molar-refractivity contribution in [1.29, 1.82) is 0 Å². The molecule has 0 aliphatic heterocycles. The van der Waals surface area contributed by atoms with E-state index in [0.717, 1.165) is 0 Å². The van der Waals surface area contributed by atoms with E-state index in [1.165, 1.54) is 0 Å². The van der Waals surface area contributed by atoms with Gasteiger partial charge in [0, 0.05) is 6.54 Å². The molecule has 0 fully saturated rings. The molecule has 3 atom stereocenters. The second kappa shape index (κ2) is 22.1. The molecule has 6 amide bonds. The maximum Gasteiger partial charge on any atom is 0.326 e. The lowest BCUT2D eigenvalue weighted by atomic mass is 10.1. The second-order valence-electron chi connectivity index (χ2n) is 9.09. The van der Waals surface area contributed by atoms with Crippen molar-refractivity contribution < 1.29 is 43.8 Å². The molecule has 0 aromatic heterocycles. The van der Waals surface area contributed by atoms with Gasteiger partial charge in [-0.1, -0.05) is 6.42 Å². The number of hydrogen-bond acceptors (Lipinski definition) is 11. The van der Waals surface area contributed by atoms with Crippen molar-refractivity contribution in [2.75, 3.05) is 45.9 Å². The number of carbonyl (C=O) groups is 7. The van der Waals surface area contributed by atoms with Gasteiger partial charge in [-0.25, -0.2) is 4.79 Å².